The summed E-state index contributed by atoms with van der Waals surface area (Å²) in [4.78, 5) is 2.64. The largest absolute Gasteiger partial charge is 0.317 e. The van der Waals surface area contributed by atoms with Crippen LogP contribution in [0.25, 0.3) is 0 Å². The molecule has 0 unspecified atom stereocenters. The lowest BCUT2D eigenvalue weighted by atomic mass is 9.78. The molecule has 2 fully saturated rings. The van der Waals surface area contributed by atoms with E-state index in [1.165, 1.54) is 56.7 Å². The summed E-state index contributed by atoms with van der Waals surface area (Å²) in [7, 11) is 0. The molecule has 0 radical (unpaired) electrons. The van der Waals surface area contributed by atoms with Gasteiger partial charge in [-0.05, 0) is 69.8 Å². The molecular weight excluding hydrogens is 344 g/mol. The zero-order valence-corrected chi connectivity index (χ0v) is 16.6. The number of aromatic nitrogens is 2. The second kappa shape index (κ2) is 7.34. The van der Waals surface area contributed by atoms with Crippen molar-refractivity contribution in [2.24, 2.45) is 5.41 Å². The van der Waals surface area contributed by atoms with Gasteiger partial charge in [-0.15, -0.1) is 0 Å². The van der Waals surface area contributed by atoms with E-state index < -0.39 is 0 Å². The fraction of sp³-hybridized carbons (Fsp3) is 0.571. The lowest BCUT2D eigenvalue weighted by Gasteiger charge is -2.34. The van der Waals surface area contributed by atoms with E-state index in [0.717, 1.165) is 29.4 Å². The molecule has 2 saturated heterocycles. The molecule has 1 aromatic carbocycles. The van der Waals surface area contributed by atoms with E-state index in [2.05, 4.69) is 34.8 Å². The average Bonchev–Trinajstić information content (AvgIpc) is 3.14. The molecule has 140 valence electrons. The lowest BCUT2D eigenvalue weighted by molar-refractivity contribution is 0.193. The number of benzene rings is 1. The van der Waals surface area contributed by atoms with Crippen LogP contribution in [0.5, 0.6) is 0 Å². The highest BCUT2D eigenvalue weighted by atomic mass is 35.5. The quantitative estimate of drug-likeness (QED) is 0.886. The van der Waals surface area contributed by atoms with Gasteiger partial charge in [0.05, 0.1) is 12.2 Å². The number of rotatable bonds is 4. The normalized spacial score (nSPS) is 20.1. The fourth-order valence-electron chi connectivity index (χ4n) is 4.66. The Kier molecular flexibility index (Phi) is 5.09. The molecule has 0 bridgehead atoms. The summed E-state index contributed by atoms with van der Waals surface area (Å²) in [5, 5.41) is 9.13. The van der Waals surface area contributed by atoms with Crippen LogP contribution in [0.1, 0.15) is 41.8 Å². The van der Waals surface area contributed by atoms with E-state index in [4.69, 9.17) is 16.7 Å². The summed E-state index contributed by atoms with van der Waals surface area (Å²) >= 11 is 6.34. The number of hydrogen-bond donors (Lipinski definition) is 1. The number of nitrogens with one attached hydrogen (secondary N) is 1. The van der Waals surface area contributed by atoms with Crippen LogP contribution in [0, 0.1) is 19.3 Å². The van der Waals surface area contributed by atoms with Gasteiger partial charge in [0.1, 0.15) is 0 Å². The molecule has 0 amide bonds. The molecule has 1 aromatic heterocycles. The minimum Gasteiger partial charge on any atom is -0.317 e. The number of hydrogen-bond acceptors (Lipinski definition) is 3. The minimum absolute atomic E-state index is 0.556. The Morgan fingerprint density at radius 3 is 2.65 bits per heavy atom. The molecule has 5 heteroatoms. The average molecular weight is 373 g/mol. The first kappa shape index (κ1) is 18.0. The molecule has 4 nitrogen and oxygen atoms in total. The van der Waals surface area contributed by atoms with Crippen LogP contribution in [-0.2, 0) is 13.1 Å². The van der Waals surface area contributed by atoms with Crippen LogP contribution < -0.4 is 5.32 Å². The van der Waals surface area contributed by atoms with Gasteiger partial charge in [0.25, 0.3) is 0 Å². The maximum Gasteiger partial charge on any atom is 0.0677 e. The second-order valence-corrected chi connectivity index (χ2v) is 8.52. The maximum absolute atomic E-state index is 6.34. The predicted molar refractivity (Wildman–Crippen MR) is 107 cm³/mol. The lowest BCUT2D eigenvalue weighted by Crippen LogP contribution is -2.38. The zero-order chi connectivity index (χ0) is 18.1. The summed E-state index contributed by atoms with van der Waals surface area (Å²) in [6.07, 6.45) is 4.00. The number of likely N-dealkylation sites (tertiary alicyclic amines) is 1. The first-order chi connectivity index (χ1) is 12.6. The van der Waals surface area contributed by atoms with Crippen molar-refractivity contribution in [3.8, 4) is 0 Å². The van der Waals surface area contributed by atoms with Gasteiger partial charge in [-0.3, -0.25) is 9.58 Å². The number of nitrogens with zero attached hydrogens (tertiary/aromatic N) is 3. The van der Waals surface area contributed by atoms with Gasteiger partial charge in [-0.2, -0.15) is 5.10 Å². The molecule has 2 aromatic rings. The maximum atomic E-state index is 6.34. The number of piperidine rings is 1. The molecule has 3 heterocycles. The smallest absolute Gasteiger partial charge is 0.0677 e. The molecule has 2 aliphatic heterocycles. The Balaban J connectivity index is 1.48. The van der Waals surface area contributed by atoms with Crippen LogP contribution in [0.15, 0.2) is 24.3 Å². The number of halogens is 1. The number of aryl methyl sites for hydroxylation is 1. The van der Waals surface area contributed by atoms with Crippen molar-refractivity contribution in [1.29, 1.82) is 0 Å². The van der Waals surface area contributed by atoms with E-state index in [1.807, 2.05) is 18.2 Å². The fourth-order valence-corrected chi connectivity index (χ4v) is 4.85. The molecule has 0 aliphatic carbocycles. The molecule has 0 atom stereocenters. The van der Waals surface area contributed by atoms with Crippen LogP contribution in [0.2, 0.25) is 5.02 Å². The van der Waals surface area contributed by atoms with Crippen molar-refractivity contribution >= 4 is 11.6 Å². The van der Waals surface area contributed by atoms with E-state index >= 15 is 0 Å². The molecule has 1 spiro atoms. The van der Waals surface area contributed by atoms with Crippen molar-refractivity contribution in [3.63, 3.8) is 0 Å². The summed E-state index contributed by atoms with van der Waals surface area (Å²) in [6.45, 7) is 10.9. The second-order valence-electron chi connectivity index (χ2n) is 8.11. The van der Waals surface area contributed by atoms with Crippen molar-refractivity contribution in [3.05, 3.63) is 51.8 Å². The first-order valence-electron chi connectivity index (χ1n) is 9.76. The highest BCUT2D eigenvalue weighted by Crippen LogP contribution is 2.39. The third kappa shape index (κ3) is 3.55. The van der Waals surface area contributed by atoms with E-state index in [9.17, 15) is 0 Å². The van der Waals surface area contributed by atoms with Gasteiger partial charge in [0.15, 0.2) is 0 Å². The van der Waals surface area contributed by atoms with Crippen molar-refractivity contribution in [1.82, 2.24) is 20.0 Å². The van der Waals surface area contributed by atoms with Crippen LogP contribution in [0.3, 0.4) is 0 Å². The van der Waals surface area contributed by atoms with Crippen LogP contribution >= 0.6 is 11.6 Å². The molecule has 0 saturated carbocycles. The van der Waals surface area contributed by atoms with Gasteiger partial charge in [0, 0.05) is 29.4 Å². The summed E-state index contributed by atoms with van der Waals surface area (Å²) in [5.41, 5.74) is 5.50. The summed E-state index contributed by atoms with van der Waals surface area (Å²) in [6, 6.07) is 8.05. The Morgan fingerprint density at radius 2 is 1.88 bits per heavy atom. The minimum atomic E-state index is 0.556. The van der Waals surface area contributed by atoms with Gasteiger partial charge in [0.2, 0.25) is 0 Å². The predicted octanol–water partition coefficient (Wildman–Crippen LogP) is 3.78. The third-order valence-electron chi connectivity index (χ3n) is 6.37. The van der Waals surface area contributed by atoms with Crippen molar-refractivity contribution < 1.29 is 0 Å². The van der Waals surface area contributed by atoms with E-state index in [1.54, 1.807) is 0 Å². The highest BCUT2D eigenvalue weighted by Gasteiger charge is 2.38. The Labute approximate surface area is 161 Å². The Hall–Kier alpha value is -1.36. The van der Waals surface area contributed by atoms with Gasteiger partial charge in [-0.1, -0.05) is 29.8 Å². The van der Waals surface area contributed by atoms with Crippen LogP contribution in [0.4, 0.5) is 0 Å². The summed E-state index contributed by atoms with van der Waals surface area (Å²) < 4.78 is 2.11. The Morgan fingerprint density at radius 1 is 1.12 bits per heavy atom. The van der Waals surface area contributed by atoms with Crippen LogP contribution in [-0.4, -0.2) is 40.9 Å². The zero-order valence-electron chi connectivity index (χ0n) is 15.9. The van der Waals surface area contributed by atoms with Gasteiger partial charge < -0.3 is 5.32 Å². The molecule has 26 heavy (non-hydrogen) atoms. The third-order valence-corrected chi connectivity index (χ3v) is 6.74. The summed E-state index contributed by atoms with van der Waals surface area (Å²) in [5.74, 6) is 0. The first-order valence-corrected chi connectivity index (χ1v) is 10.1. The molecular formula is C21H29ClN4. The Bertz CT molecular complexity index is 776. The van der Waals surface area contributed by atoms with E-state index in [0.29, 0.717) is 5.41 Å². The molecule has 4 rings (SSSR count). The highest BCUT2D eigenvalue weighted by molar-refractivity contribution is 6.31. The topological polar surface area (TPSA) is 33.1 Å². The SMILES string of the molecule is Cc1nn(Cc2ccccc2Cl)c(C)c1CN1CCC2(CCNCC2)C1. The standard InChI is InChI=1S/C21H29ClN4/c1-16-19(14-25-12-9-21(15-25)7-10-23-11-8-21)17(2)26(24-16)13-18-5-3-4-6-20(18)22/h3-6,23H,7-15H2,1-2H3. The monoisotopic (exact) mass is 372 g/mol. The van der Waals surface area contributed by atoms with Crippen molar-refractivity contribution in [2.75, 3.05) is 26.2 Å². The van der Waals surface area contributed by atoms with E-state index in [-0.39, 0.29) is 0 Å². The molecule has 2 aliphatic rings. The van der Waals surface area contributed by atoms with Gasteiger partial charge in [-0.25, -0.2) is 0 Å². The van der Waals surface area contributed by atoms with Gasteiger partial charge >= 0.3 is 0 Å². The molecule has 1 N–H and O–H groups in total. The van der Waals surface area contributed by atoms with Crippen molar-refractivity contribution in [2.45, 2.75) is 46.2 Å².